The van der Waals surface area contributed by atoms with Crippen LogP contribution in [0.25, 0.3) is 0 Å². The van der Waals surface area contributed by atoms with E-state index in [4.69, 9.17) is 0 Å². The molecule has 1 saturated carbocycles. The van der Waals surface area contributed by atoms with Crippen molar-refractivity contribution in [2.45, 2.75) is 64.4 Å². The summed E-state index contributed by atoms with van der Waals surface area (Å²) in [5.74, 6) is 0. The molecular formula is C17H28N2O2S. The number of aryl methyl sites for hydroxylation is 2. The van der Waals surface area contributed by atoms with Crippen LogP contribution < -0.4 is 4.72 Å². The number of sulfonamides is 1. The van der Waals surface area contributed by atoms with Gasteiger partial charge in [-0.15, -0.1) is 0 Å². The van der Waals surface area contributed by atoms with Crippen molar-refractivity contribution < 1.29 is 8.42 Å². The molecule has 0 bridgehead atoms. The molecule has 1 atom stereocenters. The molecule has 5 heteroatoms. The third-order valence-corrected chi connectivity index (χ3v) is 6.65. The first-order chi connectivity index (χ1) is 10.1. The fraction of sp³-hybridized carbons (Fsp3) is 0.647. The van der Waals surface area contributed by atoms with Crippen LogP contribution in [0.1, 0.15) is 42.0 Å². The van der Waals surface area contributed by atoms with Gasteiger partial charge in [-0.3, -0.25) is 4.90 Å². The molecule has 4 nitrogen and oxygen atoms in total. The first-order valence-corrected chi connectivity index (χ1v) is 9.42. The van der Waals surface area contributed by atoms with Gasteiger partial charge in [0, 0.05) is 18.6 Å². The molecule has 0 saturated heterocycles. The maximum atomic E-state index is 12.8. The highest BCUT2D eigenvalue weighted by Crippen LogP contribution is 2.28. The molecule has 0 spiro atoms. The van der Waals surface area contributed by atoms with Crippen molar-refractivity contribution in [3.63, 3.8) is 0 Å². The third kappa shape index (κ3) is 3.53. The molecule has 0 aliphatic heterocycles. The maximum Gasteiger partial charge on any atom is 0.241 e. The van der Waals surface area contributed by atoms with Gasteiger partial charge < -0.3 is 0 Å². The number of rotatable bonds is 6. The predicted molar refractivity (Wildman–Crippen MR) is 90.8 cm³/mol. The molecule has 0 radical (unpaired) electrons. The highest BCUT2D eigenvalue weighted by molar-refractivity contribution is 7.89. The van der Waals surface area contributed by atoms with Crippen molar-refractivity contribution in [2.24, 2.45) is 0 Å². The Hall–Kier alpha value is -0.910. The quantitative estimate of drug-likeness (QED) is 0.875. The molecule has 1 fully saturated rings. The van der Waals surface area contributed by atoms with Crippen molar-refractivity contribution in [1.29, 1.82) is 0 Å². The van der Waals surface area contributed by atoms with Crippen LogP contribution >= 0.6 is 0 Å². The lowest BCUT2D eigenvalue weighted by atomic mass is 10.0. The Morgan fingerprint density at radius 3 is 2.14 bits per heavy atom. The van der Waals surface area contributed by atoms with E-state index in [0.717, 1.165) is 22.3 Å². The summed E-state index contributed by atoms with van der Waals surface area (Å²) in [6, 6.07) is 2.88. The van der Waals surface area contributed by atoms with Crippen LogP contribution in [-0.4, -0.2) is 39.0 Å². The highest BCUT2D eigenvalue weighted by Gasteiger charge is 2.30. The fourth-order valence-electron chi connectivity index (χ4n) is 2.87. The molecule has 22 heavy (non-hydrogen) atoms. The molecule has 1 aliphatic rings. The minimum absolute atomic E-state index is 0.203. The smallest absolute Gasteiger partial charge is 0.241 e. The van der Waals surface area contributed by atoms with E-state index in [1.54, 1.807) is 0 Å². The van der Waals surface area contributed by atoms with Gasteiger partial charge >= 0.3 is 0 Å². The van der Waals surface area contributed by atoms with Crippen molar-refractivity contribution in [1.82, 2.24) is 9.62 Å². The molecule has 124 valence electrons. The van der Waals surface area contributed by atoms with Crippen molar-refractivity contribution in [3.8, 4) is 0 Å². The van der Waals surface area contributed by atoms with E-state index in [2.05, 4.69) is 23.6 Å². The predicted octanol–water partition coefficient (Wildman–Crippen LogP) is 2.68. The first kappa shape index (κ1) is 17.4. The summed E-state index contributed by atoms with van der Waals surface area (Å²) in [5, 5.41) is 0. The summed E-state index contributed by atoms with van der Waals surface area (Å²) in [7, 11) is -1.40. The highest BCUT2D eigenvalue weighted by atomic mass is 32.2. The van der Waals surface area contributed by atoms with Crippen LogP contribution in [0.3, 0.4) is 0 Å². The van der Waals surface area contributed by atoms with E-state index in [9.17, 15) is 8.42 Å². The van der Waals surface area contributed by atoms with E-state index in [-0.39, 0.29) is 6.04 Å². The van der Waals surface area contributed by atoms with Gasteiger partial charge in [0.1, 0.15) is 0 Å². The Bertz CT molecular complexity index is 637. The van der Waals surface area contributed by atoms with E-state index < -0.39 is 10.0 Å². The Morgan fingerprint density at radius 1 is 1.18 bits per heavy atom. The normalized spacial score (nSPS) is 17.0. The van der Waals surface area contributed by atoms with E-state index in [0.29, 0.717) is 17.5 Å². The van der Waals surface area contributed by atoms with E-state index in [1.807, 2.05) is 33.8 Å². The molecule has 0 amide bonds. The first-order valence-electron chi connectivity index (χ1n) is 7.94. The van der Waals surface area contributed by atoms with Crippen LogP contribution in [0, 0.1) is 27.7 Å². The average Bonchev–Trinajstić information content (AvgIpc) is 3.26. The van der Waals surface area contributed by atoms with Crippen LogP contribution in [0.5, 0.6) is 0 Å². The molecule has 1 aliphatic carbocycles. The zero-order valence-corrected chi connectivity index (χ0v) is 15.3. The fourth-order valence-corrected chi connectivity index (χ4v) is 4.61. The summed E-state index contributed by atoms with van der Waals surface area (Å²) >= 11 is 0. The lowest BCUT2D eigenvalue weighted by molar-refractivity contribution is 0.248. The molecular weight excluding hydrogens is 296 g/mol. The lowest BCUT2D eigenvalue weighted by Crippen LogP contribution is -2.41. The number of hydrogen-bond donors (Lipinski definition) is 1. The molecule has 0 aromatic heterocycles. The number of hydrogen-bond acceptors (Lipinski definition) is 3. The SMILES string of the molecule is Cc1cc(C)c(C)c(S(=O)(=O)NC[C@@H](C)N(C)C2CC2)c1C. The largest absolute Gasteiger partial charge is 0.299 e. The zero-order chi connectivity index (χ0) is 16.7. The van der Waals surface area contributed by atoms with Gasteiger partial charge in [-0.1, -0.05) is 6.07 Å². The van der Waals surface area contributed by atoms with Crippen molar-refractivity contribution >= 4 is 10.0 Å². The molecule has 0 heterocycles. The molecule has 1 aromatic carbocycles. The zero-order valence-electron chi connectivity index (χ0n) is 14.5. The summed E-state index contributed by atoms with van der Waals surface area (Å²) in [4.78, 5) is 2.72. The second-order valence-electron chi connectivity index (χ2n) is 6.69. The number of likely N-dealkylation sites (N-methyl/N-ethyl adjacent to an activating group) is 1. The Kier molecular flexibility index (Phi) is 5.00. The number of benzene rings is 1. The Morgan fingerprint density at radius 2 is 1.68 bits per heavy atom. The van der Waals surface area contributed by atoms with Crippen molar-refractivity contribution in [3.05, 3.63) is 28.3 Å². The van der Waals surface area contributed by atoms with Gasteiger partial charge in [0.15, 0.2) is 0 Å². The Labute approximate surface area is 135 Å². The van der Waals surface area contributed by atoms with Gasteiger partial charge in [0.2, 0.25) is 10.0 Å². The monoisotopic (exact) mass is 324 g/mol. The second-order valence-corrected chi connectivity index (χ2v) is 8.39. The van der Waals surface area contributed by atoms with Crippen LogP contribution in [0.15, 0.2) is 11.0 Å². The third-order valence-electron chi connectivity index (χ3n) is 4.95. The van der Waals surface area contributed by atoms with Crippen LogP contribution in [0.4, 0.5) is 0 Å². The Balaban J connectivity index is 2.20. The minimum atomic E-state index is -3.48. The standard InChI is InChI=1S/C17H28N2O2S/c1-11-9-12(2)15(5)17(14(11)4)22(20,21)18-10-13(3)19(6)16-7-8-16/h9,13,16,18H,7-8,10H2,1-6H3/t13-/m1/s1. The van der Waals surface area contributed by atoms with Crippen LogP contribution in [0.2, 0.25) is 0 Å². The maximum absolute atomic E-state index is 12.8. The number of nitrogens with zero attached hydrogens (tertiary/aromatic N) is 1. The summed E-state index contributed by atoms with van der Waals surface area (Å²) in [6.07, 6.45) is 2.45. The summed E-state index contributed by atoms with van der Waals surface area (Å²) < 4.78 is 28.3. The summed E-state index contributed by atoms with van der Waals surface area (Å²) in [5.41, 5.74) is 3.73. The average molecular weight is 324 g/mol. The minimum Gasteiger partial charge on any atom is -0.299 e. The van der Waals surface area contributed by atoms with Gasteiger partial charge in [-0.25, -0.2) is 13.1 Å². The van der Waals surface area contributed by atoms with E-state index >= 15 is 0 Å². The molecule has 2 rings (SSSR count). The van der Waals surface area contributed by atoms with Gasteiger partial charge in [-0.05, 0) is 76.8 Å². The van der Waals surface area contributed by atoms with Gasteiger partial charge in [0.25, 0.3) is 0 Å². The topological polar surface area (TPSA) is 49.4 Å². The second kappa shape index (κ2) is 6.30. The van der Waals surface area contributed by atoms with Gasteiger partial charge in [-0.2, -0.15) is 0 Å². The lowest BCUT2D eigenvalue weighted by Gasteiger charge is -2.25. The molecule has 1 aromatic rings. The van der Waals surface area contributed by atoms with Gasteiger partial charge in [0.05, 0.1) is 4.90 Å². The summed E-state index contributed by atoms with van der Waals surface area (Å²) in [6.45, 7) is 10.2. The molecule has 1 N–H and O–H groups in total. The molecule has 0 unspecified atom stereocenters. The number of nitrogens with one attached hydrogen (secondary N) is 1. The van der Waals surface area contributed by atoms with Crippen LogP contribution in [-0.2, 0) is 10.0 Å². The van der Waals surface area contributed by atoms with E-state index in [1.165, 1.54) is 12.8 Å². The van der Waals surface area contributed by atoms with Crippen molar-refractivity contribution in [2.75, 3.05) is 13.6 Å².